The number of carbonyl (C=O) groups excluding carboxylic acids is 2. The SMILES string of the molecule is NC(=O)CC[N+]1([O-])C(=O)N(Cc2ccc(Cl)c(Cl)c2)c2ccccc21. The van der Waals surface area contributed by atoms with Gasteiger partial charge in [0.15, 0.2) is 5.69 Å². The normalized spacial score (nSPS) is 19.2. The van der Waals surface area contributed by atoms with Gasteiger partial charge in [-0.1, -0.05) is 41.4 Å². The molecule has 0 spiro atoms. The van der Waals surface area contributed by atoms with Crippen LogP contribution in [-0.2, 0) is 11.3 Å². The van der Waals surface area contributed by atoms with E-state index in [1.54, 1.807) is 42.5 Å². The Kier molecular flexibility index (Phi) is 4.71. The molecule has 2 aromatic rings. The summed E-state index contributed by atoms with van der Waals surface area (Å²) in [5.74, 6) is -0.624. The lowest BCUT2D eigenvalue weighted by Crippen LogP contribution is -2.51. The number of rotatable bonds is 5. The Labute approximate surface area is 154 Å². The van der Waals surface area contributed by atoms with Crippen LogP contribution in [0.25, 0.3) is 0 Å². The Morgan fingerprint density at radius 1 is 1.16 bits per heavy atom. The summed E-state index contributed by atoms with van der Waals surface area (Å²) >= 11 is 11.9. The zero-order valence-electron chi connectivity index (χ0n) is 13.1. The first-order valence-corrected chi connectivity index (χ1v) is 8.31. The van der Waals surface area contributed by atoms with E-state index in [2.05, 4.69) is 0 Å². The van der Waals surface area contributed by atoms with Crippen LogP contribution < -0.4 is 15.3 Å². The first kappa shape index (κ1) is 17.7. The smallest absolute Gasteiger partial charge is 0.429 e. The maximum absolute atomic E-state index is 13.2. The molecule has 0 saturated heterocycles. The number of quaternary nitrogens is 1. The second-order valence-electron chi connectivity index (χ2n) is 5.79. The minimum atomic E-state index is -1.24. The molecule has 0 aromatic heterocycles. The highest BCUT2D eigenvalue weighted by Gasteiger charge is 2.45. The van der Waals surface area contributed by atoms with Crippen molar-refractivity contribution in [1.82, 2.24) is 4.65 Å². The van der Waals surface area contributed by atoms with Crippen LogP contribution in [0.3, 0.4) is 0 Å². The number of hydroxylamine groups is 2. The number of hydrogen-bond acceptors (Lipinski definition) is 3. The van der Waals surface area contributed by atoms with Gasteiger partial charge in [0.05, 0.1) is 23.0 Å². The van der Waals surface area contributed by atoms with E-state index in [4.69, 9.17) is 28.9 Å². The number of benzene rings is 2. The summed E-state index contributed by atoms with van der Waals surface area (Å²) in [5.41, 5.74) is 6.69. The van der Waals surface area contributed by atoms with E-state index < -0.39 is 16.6 Å². The fourth-order valence-corrected chi connectivity index (χ4v) is 3.18. The molecular weight excluding hydrogens is 365 g/mol. The lowest BCUT2D eigenvalue weighted by atomic mass is 10.2. The van der Waals surface area contributed by atoms with E-state index in [1.165, 1.54) is 4.90 Å². The summed E-state index contributed by atoms with van der Waals surface area (Å²) in [6.45, 7) is -0.0609. The number of carbonyl (C=O) groups is 2. The monoisotopic (exact) mass is 379 g/mol. The molecule has 0 radical (unpaired) electrons. The van der Waals surface area contributed by atoms with Gasteiger partial charge in [-0.3, -0.25) is 9.69 Å². The second-order valence-corrected chi connectivity index (χ2v) is 6.60. The zero-order chi connectivity index (χ0) is 18.2. The Morgan fingerprint density at radius 3 is 2.56 bits per heavy atom. The van der Waals surface area contributed by atoms with Crippen molar-refractivity contribution in [3.8, 4) is 0 Å². The molecule has 1 aliphatic rings. The molecule has 0 saturated carbocycles. The van der Waals surface area contributed by atoms with Crippen LogP contribution >= 0.6 is 23.2 Å². The fraction of sp³-hybridized carbons (Fsp3) is 0.176. The standard InChI is InChI=1S/C17H15Cl2N3O3/c18-12-6-5-11(9-13(12)19)10-21-14-3-1-2-4-15(14)22(25,17(21)24)8-7-16(20)23/h1-6,9H,7-8,10H2,(H2,20,23). The van der Waals surface area contributed by atoms with Gasteiger partial charge in [0, 0.05) is 6.07 Å². The molecule has 1 heterocycles. The van der Waals surface area contributed by atoms with Crippen LogP contribution in [0.2, 0.25) is 10.0 Å². The molecule has 0 bridgehead atoms. The van der Waals surface area contributed by atoms with E-state index >= 15 is 0 Å². The lowest BCUT2D eigenvalue weighted by molar-refractivity contribution is -0.118. The predicted molar refractivity (Wildman–Crippen MR) is 98.3 cm³/mol. The van der Waals surface area contributed by atoms with Gasteiger partial charge in [0.2, 0.25) is 5.91 Å². The largest absolute Gasteiger partial charge is 0.618 e. The number of nitrogens with two attached hydrogens (primary N) is 1. The molecule has 1 unspecified atom stereocenters. The quantitative estimate of drug-likeness (QED) is 0.632. The van der Waals surface area contributed by atoms with Gasteiger partial charge in [-0.2, -0.15) is 0 Å². The van der Waals surface area contributed by atoms with Crippen molar-refractivity contribution in [1.29, 1.82) is 0 Å². The number of para-hydroxylation sites is 2. The van der Waals surface area contributed by atoms with Gasteiger partial charge in [-0.25, -0.2) is 9.44 Å². The molecule has 6 nitrogen and oxygen atoms in total. The number of primary amides is 1. The van der Waals surface area contributed by atoms with E-state index in [1.807, 2.05) is 0 Å². The molecule has 0 aliphatic carbocycles. The minimum absolute atomic E-state index is 0.172. The van der Waals surface area contributed by atoms with Gasteiger partial charge in [-0.05, 0) is 23.8 Å². The molecular formula is C17H15Cl2N3O3. The first-order chi connectivity index (χ1) is 11.8. The lowest BCUT2D eigenvalue weighted by Gasteiger charge is -2.34. The maximum Gasteiger partial charge on any atom is 0.429 e. The van der Waals surface area contributed by atoms with Crippen molar-refractivity contribution >= 4 is 46.5 Å². The molecule has 0 fully saturated rings. The summed E-state index contributed by atoms with van der Waals surface area (Å²) in [4.78, 5) is 25.3. The molecule has 3 amide bonds. The van der Waals surface area contributed by atoms with Crippen LogP contribution in [0.5, 0.6) is 0 Å². The van der Waals surface area contributed by atoms with Gasteiger partial charge in [0.25, 0.3) is 0 Å². The zero-order valence-corrected chi connectivity index (χ0v) is 14.6. The number of urea groups is 1. The number of hydrogen-bond donors (Lipinski definition) is 1. The van der Waals surface area contributed by atoms with Crippen LogP contribution in [-0.4, -0.2) is 18.5 Å². The minimum Gasteiger partial charge on any atom is -0.618 e. The number of halogens is 2. The maximum atomic E-state index is 13.2. The number of amides is 3. The van der Waals surface area contributed by atoms with Gasteiger partial charge < -0.3 is 10.9 Å². The Morgan fingerprint density at radius 2 is 1.88 bits per heavy atom. The van der Waals surface area contributed by atoms with Crippen molar-refractivity contribution in [2.45, 2.75) is 13.0 Å². The molecule has 1 atom stereocenters. The second kappa shape index (κ2) is 6.65. The Bertz CT molecular complexity index is 859. The van der Waals surface area contributed by atoms with E-state index in [0.717, 1.165) is 5.56 Å². The highest BCUT2D eigenvalue weighted by Crippen LogP contribution is 2.43. The first-order valence-electron chi connectivity index (χ1n) is 7.56. The van der Waals surface area contributed by atoms with E-state index in [0.29, 0.717) is 21.4 Å². The number of anilines is 1. The van der Waals surface area contributed by atoms with Crippen molar-refractivity contribution < 1.29 is 9.59 Å². The third-order valence-corrected chi connectivity index (χ3v) is 4.84. The molecule has 2 N–H and O–H groups in total. The third kappa shape index (κ3) is 3.21. The Hall–Kier alpha value is -2.12. The van der Waals surface area contributed by atoms with Crippen LogP contribution in [0.15, 0.2) is 42.5 Å². The summed E-state index contributed by atoms with van der Waals surface area (Å²) < 4.78 is -1.24. The third-order valence-electron chi connectivity index (χ3n) is 4.10. The molecule has 1 aliphatic heterocycles. The summed E-state index contributed by atoms with van der Waals surface area (Å²) in [5, 5.41) is 14.0. The predicted octanol–water partition coefficient (Wildman–Crippen LogP) is 3.81. The highest BCUT2D eigenvalue weighted by atomic mass is 35.5. The molecule has 2 aromatic carbocycles. The molecule has 3 rings (SSSR count). The molecule has 8 heteroatoms. The van der Waals surface area contributed by atoms with Crippen molar-refractivity contribution in [3.63, 3.8) is 0 Å². The molecule has 130 valence electrons. The topological polar surface area (TPSA) is 86.5 Å². The molecule has 25 heavy (non-hydrogen) atoms. The van der Waals surface area contributed by atoms with E-state index in [9.17, 15) is 14.8 Å². The van der Waals surface area contributed by atoms with Gasteiger partial charge in [0.1, 0.15) is 12.2 Å². The van der Waals surface area contributed by atoms with Crippen LogP contribution in [0, 0.1) is 5.21 Å². The summed E-state index contributed by atoms with van der Waals surface area (Å²) in [7, 11) is 0. The van der Waals surface area contributed by atoms with E-state index in [-0.39, 0.29) is 19.5 Å². The average Bonchev–Trinajstić information content (AvgIpc) is 2.79. The van der Waals surface area contributed by atoms with Crippen molar-refractivity contribution in [2.75, 3.05) is 11.4 Å². The van der Waals surface area contributed by atoms with Crippen LogP contribution in [0.1, 0.15) is 12.0 Å². The van der Waals surface area contributed by atoms with Crippen molar-refractivity contribution in [3.05, 3.63) is 63.3 Å². The highest BCUT2D eigenvalue weighted by molar-refractivity contribution is 6.42. The Balaban J connectivity index is 1.96. The summed E-state index contributed by atoms with van der Waals surface area (Å²) in [6.07, 6.45) is -0.176. The number of nitrogens with zero attached hydrogens (tertiary/aromatic N) is 2. The van der Waals surface area contributed by atoms with Crippen molar-refractivity contribution in [2.24, 2.45) is 5.73 Å². The van der Waals surface area contributed by atoms with Crippen LogP contribution in [0.4, 0.5) is 16.2 Å². The number of fused-ring (bicyclic) bond motifs is 1. The van der Waals surface area contributed by atoms with Gasteiger partial charge in [-0.15, -0.1) is 0 Å². The van der Waals surface area contributed by atoms with Gasteiger partial charge >= 0.3 is 6.03 Å². The summed E-state index contributed by atoms with van der Waals surface area (Å²) in [6, 6.07) is 11.1. The average molecular weight is 380 g/mol. The fourth-order valence-electron chi connectivity index (χ4n) is 2.86.